The van der Waals surface area contributed by atoms with Crippen LogP contribution < -0.4 is 10.2 Å². The SMILES string of the molecule is CC(C)N1CCC(=NNC(=O)COc2ccccc2)CC1. The second kappa shape index (κ2) is 7.78. The molecule has 1 aliphatic heterocycles. The van der Waals surface area contributed by atoms with E-state index >= 15 is 0 Å². The van der Waals surface area contributed by atoms with E-state index in [0.717, 1.165) is 31.6 Å². The fraction of sp³-hybridized carbons (Fsp3) is 0.500. The molecule has 0 spiro atoms. The van der Waals surface area contributed by atoms with Crippen molar-refractivity contribution in [2.75, 3.05) is 19.7 Å². The highest BCUT2D eigenvalue weighted by molar-refractivity contribution is 5.87. The Balaban J connectivity index is 1.70. The molecule has 0 radical (unpaired) electrons. The molecule has 21 heavy (non-hydrogen) atoms. The lowest BCUT2D eigenvalue weighted by atomic mass is 10.1. The lowest BCUT2D eigenvalue weighted by molar-refractivity contribution is -0.123. The molecule has 1 aliphatic rings. The molecule has 0 saturated carbocycles. The van der Waals surface area contributed by atoms with Crippen molar-refractivity contribution >= 4 is 11.6 Å². The van der Waals surface area contributed by atoms with Crippen LogP contribution in [0.3, 0.4) is 0 Å². The van der Waals surface area contributed by atoms with Crippen LogP contribution in [0.4, 0.5) is 0 Å². The van der Waals surface area contributed by atoms with Crippen LogP contribution in [-0.4, -0.2) is 42.3 Å². The summed E-state index contributed by atoms with van der Waals surface area (Å²) in [5.74, 6) is 0.461. The maximum atomic E-state index is 11.7. The van der Waals surface area contributed by atoms with E-state index in [1.165, 1.54) is 0 Å². The first-order chi connectivity index (χ1) is 10.1. The van der Waals surface area contributed by atoms with Crippen LogP contribution in [0.25, 0.3) is 0 Å². The van der Waals surface area contributed by atoms with Crippen molar-refractivity contribution < 1.29 is 9.53 Å². The molecule has 0 aromatic heterocycles. The summed E-state index contributed by atoms with van der Waals surface area (Å²) in [7, 11) is 0. The Labute approximate surface area is 126 Å². The number of nitrogens with one attached hydrogen (secondary N) is 1. The van der Waals surface area contributed by atoms with Crippen LogP contribution in [0.2, 0.25) is 0 Å². The Morgan fingerprint density at radius 1 is 1.29 bits per heavy atom. The molecule has 1 amide bonds. The largest absolute Gasteiger partial charge is 0.484 e. The molecule has 114 valence electrons. The first-order valence-corrected chi connectivity index (χ1v) is 7.41. The number of rotatable bonds is 5. The van der Waals surface area contributed by atoms with E-state index in [-0.39, 0.29) is 12.5 Å². The molecule has 0 bridgehead atoms. The molecule has 1 aromatic rings. The molecule has 1 heterocycles. The van der Waals surface area contributed by atoms with Gasteiger partial charge in [0.15, 0.2) is 6.61 Å². The first kappa shape index (κ1) is 15.5. The standard InChI is InChI=1S/C16H23N3O2/c1-13(2)19-10-8-14(9-11-19)17-18-16(20)12-21-15-6-4-3-5-7-15/h3-7,13H,8-12H2,1-2H3,(H,18,20). The Kier molecular flexibility index (Phi) is 5.75. The normalized spacial score (nSPS) is 15.9. The molecule has 1 N–H and O–H groups in total. The van der Waals surface area contributed by atoms with E-state index in [2.05, 4.69) is 29.3 Å². The van der Waals surface area contributed by atoms with Gasteiger partial charge in [-0.05, 0) is 26.0 Å². The zero-order chi connectivity index (χ0) is 15.1. The van der Waals surface area contributed by atoms with Gasteiger partial charge >= 0.3 is 0 Å². The monoisotopic (exact) mass is 289 g/mol. The van der Waals surface area contributed by atoms with Crippen LogP contribution in [-0.2, 0) is 4.79 Å². The van der Waals surface area contributed by atoms with Crippen molar-refractivity contribution in [3.63, 3.8) is 0 Å². The first-order valence-electron chi connectivity index (χ1n) is 7.41. The maximum Gasteiger partial charge on any atom is 0.277 e. The quantitative estimate of drug-likeness (QED) is 0.844. The summed E-state index contributed by atoms with van der Waals surface area (Å²) in [6.45, 7) is 6.40. The number of ether oxygens (including phenoxy) is 1. The Bertz CT molecular complexity index is 476. The zero-order valence-corrected chi connectivity index (χ0v) is 12.7. The predicted octanol–water partition coefficient (Wildman–Crippen LogP) is 2.04. The van der Waals surface area contributed by atoms with Crippen molar-refractivity contribution in [2.24, 2.45) is 5.10 Å². The summed E-state index contributed by atoms with van der Waals surface area (Å²) >= 11 is 0. The fourth-order valence-corrected chi connectivity index (χ4v) is 2.25. The van der Waals surface area contributed by atoms with Gasteiger partial charge in [0.1, 0.15) is 5.75 Å². The van der Waals surface area contributed by atoms with Gasteiger partial charge in [-0.2, -0.15) is 5.10 Å². The Hall–Kier alpha value is -1.88. The molecular weight excluding hydrogens is 266 g/mol. The maximum absolute atomic E-state index is 11.7. The van der Waals surface area contributed by atoms with Crippen molar-refractivity contribution in [2.45, 2.75) is 32.7 Å². The molecule has 5 heteroatoms. The number of para-hydroxylation sites is 1. The molecule has 1 saturated heterocycles. The lowest BCUT2D eigenvalue weighted by Gasteiger charge is -2.30. The summed E-state index contributed by atoms with van der Waals surface area (Å²) in [5, 5.41) is 4.20. The van der Waals surface area contributed by atoms with Gasteiger partial charge in [0.25, 0.3) is 5.91 Å². The third kappa shape index (κ3) is 5.19. The van der Waals surface area contributed by atoms with Gasteiger partial charge in [0.2, 0.25) is 0 Å². The summed E-state index contributed by atoms with van der Waals surface area (Å²) in [4.78, 5) is 14.1. The minimum absolute atomic E-state index is 0.0150. The van der Waals surface area contributed by atoms with E-state index in [1.54, 1.807) is 0 Å². The van der Waals surface area contributed by atoms with E-state index in [4.69, 9.17) is 4.74 Å². The summed E-state index contributed by atoms with van der Waals surface area (Å²) in [6.07, 6.45) is 1.83. The van der Waals surface area contributed by atoms with Gasteiger partial charge in [-0.1, -0.05) is 18.2 Å². The minimum Gasteiger partial charge on any atom is -0.484 e. The predicted molar refractivity (Wildman–Crippen MR) is 83.5 cm³/mol. The van der Waals surface area contributed by atoms with Crippen LogP contribution in [0.5, 0.6) is 5.75 Å². The number of nitrogens with zero attached hydrogens (tertiary/aromatic N) is 2. The van der Waals surface area contributed by atoms with Crippen LogP contribution in [0, 0.1) is 0 Å². The van der Waals surface area contributed by atoms with E-state index in [1.807, 2.05) is 30.3 Å². The molecule has 1 fully saturated rings. The number of carbonyl (C=O) groups excluding carboxylic acids is 1. The van der Waals surface area contributed by atoms with E-state index in [0.29, 0.717) is 11.8 Å². The second-order valence-corrected chi connectivity index (χ2v) is 5.44. The lowest BCUT2D eigenvalue weighted by Crippen LogP contribution is -2.39. The van der Waals surface area contributed by atoms with Gasteiger partial charge < -0.3 is 9.64 Å². The van der Waals surface area contributed by atoms with Crippen LogP contribution in [0.1, 0.15) is 26.7 Å². The van der Waals surface area contributed by atoms with Crippen molar-refractivity contribution in [1.29, 1.82) is 0 Å². The van der Waals surface area contributed by atoms with Gasteiger partial charge in [0, 0.05) is 37.7 Å². The van der Waals surface area contributed by atoms with Gasteiger partial charge in [-0.25, -0.2) is 5.43 Å². The highest BCUT2D eigenvalue weighted by Crippen LogP contribution is 2.10. The summed E-state index contributed by atoms with van der Waals surface area (Å²) in [5.41, 5.74) is 3.63. The third-order valence-electron chi connectivity index (χ3n) is 3.56. The average molecular weight is 289 g/mol. The Morgan fingerprint density at radius 3 is 2.57 bits per heavy atom. The van der Waals surface area contributed by atoms with Crippen molar-refractivity contribution in [3.8, 4) is 5.75 Å². The van der Waals surface area contributed by atoms with Crippen molar-refractivity contribution in [3.05, 3.63) is 30.3 Å². The molecule has 1 aromatic carbocycles. The van der Waals surface area contributed by atoms with Crippen LogP contribution in [0.15, 0.2) is 35.4 Å². The van der Waals surface area contributed by atoms with Crippen molar-refractivity contribution in [1.82, 2.24) is 10.3 Å². The average Bonchev–Trinajstić information content (AvgIpc) is 2.52. The molecule has 5 nitrogen and oxygen atoms in total. The van der Waals surface area contributed by atoms with E-state index < -0.39 is 0 Å². The number of benzene rings is 1. The third-order valence-corrected chi connectivity index (χ3v) is 3.56. The molecule has 2 rings (SSSR count). The number of hydrazone groups is 1. The molecular formula is C16H23N3O2. The van der Waals surface area contributed by atoms with E-state index in [9.17, 15) is 4.79 Å². The van der Waals surface area contributed by atoms with Gasteiger partial charge in [0.05, 0.1) is 0 Å². The number of likely N-dealkylation sites (tertiary alicyclic amines) is 1. The molecule has 0 aliphatic carbocycles. The zero-order valence-electron chi connectivity index (χ0n) is 12.7. The highest BCUT2D eigenvalue weighted by Gasteiger charge is 2.17. The minimum atomic E-state index is -0.224. The van der Waals surface area contributed by atoms with Crippen LogP contribution >= 0.6 is 0 Å². The molecule has 0 atom stereocenters. The number of hydrogen-bond acceptors (Lipinski definition) is 4. The highest BCUT2D eigenvalue weighted by atomic mass is 16.5. The summed E-state index contributed by atoms with van der Waals surface area (Å²) in [6, 6.07) is 9.86. The number of amides is 1. The topological polar surface area (TPSA) is 53.9 Å². The summed E-state index contributed by atoms with van der Waals surface area (Å²) < 4.78 is 5.37. The van der Waals surface area contributed by atoms with Gasteiger partial charge in [-0.3, -0.25) is 4.79 Å². The number of piperidine rings is 1. The fourth-order valence-electron chi connectivity index (χ4n) is 2.25. The smallest absolute Gasteiger partial charge is 0.277 e. The van der Waals surface area contributed by atoms with Gasteiger partial charge in [-0.15, -0.1) is 0 Å². The Morgan fingerprint density at radius 2 is 1.95 bits per heavy atom. The molecule has 0 unspecified atom stereocenters. The number of carbonyl (C=O) groups is 1. The number of hydrogen-bond donors (Lipinski definition) is 1. The second-order valence-electron chi connectivity index (χ2n) is 5.44.